The summed E-state index contributed by atoms with van der Waals surface area (Å²) in [5.41, 5.74) is 2.46. The highest BCUT2D eigenvalue weighted by atomic mass is 16.5. The Hall–Kier alpha value is -2.61. The van der Waals surface area contributed by atoms with Gasteiger partial charge in [0.05, 0.1) is 0 Å². The van der Waals surface area contributed by atoms with Crippen LogP contribution in [0, 0.1) is 0 Å². The van der Waals surface area contributed by atoms with Crippen molar-refractivity contribution in [3.05, 3.63) is 35.7 Å². The normalized spacial score (nSPS) is 14.4. The molecule has 0 amide bonds. The molecule has 1 aliphatic heterocycles. The van der Waals surface area contributed by atoms with Crippen LogP contribution in [0.4, 0.5) is 11.6 Å². The van der Waals surface area contributed by atoms with Gasteiger partial charge in [-0.05, 0) is 70.5 Å². The summed E-state index contributed by atoms with van der Waals surface area (Å²) in [7, 11) is 0. The molecule has 0 saturated heterocycles. The Balaban J connectivity index is 1.43. The molecule has 0 aliphatic carbocycles. The number of nitrogens with zero attached hydrogens (tertiary/aromatic N) is 3. The smallest absolute Gasteiger partial charge is 0.326 e. The van der Waals surface area contributed by atoms with E-state index in [0.29, 0.717) is 24.8 Å². The van der Waals surface area contributed by atoms with E-state index in [1.54, 1.807) is 6.07 Å². The van der Waals surface area contributed by atoms with Gasteiger partial charge in [-0.15, -0.1) is 0 Å². The van der Waals surface area contributed by atoms with Crippen LogP contribution in [0.15, 0.2) is 29.0 Å². The van der Waals surface area contributed by atoms with Crippen molar-refractivity contribution in [2.45, 2.75) is 64.5 Å². The van der Waals surface area contributed by atoms with Gasteiger partial charge >= 0.3 is 5.97 Å². The first-order valence-electron chi connectivity index (χ1n) is 10.9. The quantitative estimate of drug-likeness (QED) is 0.453. The second-order valence-electron chi connectivity index (χ2n) is 8.14. The van der Waals surface area contributed by atoms with Crippen molar-refractivity contribution in [3.63, 3.8) is 0 Å². The van der Waals surface area contributed by atoms with E-state index in [9.17, 15) is 9.90 Å². The lowest BCUT2D eigenvalue weighted by Crippen LogP contribution is -2.38. The van der Waals surface area contributed by atoms with Crippen LogP contribution in [0.3, 0.4) is 0 Å². The number of aromatic nitrogens is 2. The Bertz CT molecular complexity index is 794. The van der Waals surface area contributed by atoms with Gasteiger partial charge in [0.1, 0.15) is 18.1 Å². The number of anilines is 2. The Labute approximate surface area is 178 Å². The van der Waals surface area contributed by atoms with Gasteiger partial charge in [0.2, 0.25) is 0 Å². The molecule has 8 heteroatoms. The van der Waals surface area contributed by atoms with Gasteiger partial charge in [0, 0.05) is 30.9 Å². The van der Waals surface area contributed by atoms with Gasteiger partial charge in [0.25, 0.3) is 0 Å². The van der Waals surface area contributed by atoms with E-state index in [-0.39, 0.29) is 0 Å². The van der Waals surface area contributed by atoms with Crippen LogP contribution in [0.25, 0.3) is 0 Å². The number of aryl methyl sites for hydroxylation is 2. The zero-order valence-corrected chi connectivity index (χ0v) is 17.9. The van der Waals surface area contributed by atoms with Crippen molar-refractivity contribution in [2.24, 2.45) is 0 Å². The van der Waals surface area contributed by atoms with Gasteiger partial charge in [-0.3, -0.25) is 0 Å². The van der Waals surface area contributed by atoms with Gasteiger partial charge in [-0.2, -0.15) is 0 Å². The van der Waals surface area contributed by atoms with Crippen molar-refractivity contribution in [3.8, 4) is 0 Å². The highest BCUT2D eigenvalue weighted by Crippen LogP contribution is 2.20. The maximum Gasteiger partial charge on any atom is 0.326 e. The van der Waals surface area contributed by atoms with E-state index in [1.807, 2.05) is 0 Å². The first-order chi connectivity index (χ1) is 14.5. The van der Waals surface area contributed by atoms with Crippen LogP contribution in [0.5, 0.6) is 0 Å². The van der Waals surface area contributed by atoms with E-state index in [4.69, 9.17) is 9.51 Å². The number of hydrogen-bond donors (Lipinski definition) is 3. The van der Waals surface area contributed by atoms with Gasteiger partial charge < -0.3 is 25.2 Å². The molecule has 8 nitrogen and oxygen atoms in total. The predicted molar refractivity (Wildman–Crippen MR) is 117 cm³/mol. The minimum atomic E-state index is -0.881. The lowest BCUT2D eigenvalue weighted by molar-refractivity contribution is -0.138. The van der Waals surface area contributed by atoms with Crippen LogP contribution in [0.2, 0.25) is 0 Å². The minimum Gasteiger partial charge on any atom is -0.480 e. The van der Waals surface area contributed by atoms with E-state index in [1.165, 1.54) is 18.2 Å². The number of unbranched alkanes of at least 4 members (excludes halogenated alkanes) is 1. The Kier molecular flexibility index (Phi) is 8.07. The number of carboxylic acid groups (broad SMARTS) is 1. The molecule has 0 saturated carbocycles. The number of nitrogens with one attached hydrogen (secondary N) is 2. The fourth-order valence-electron chi connectivity index (χ4n) is 3.78. The van der Waals surface area contributed by atoms with Crippen LogP contribution >= 0.6 is 0 Å². The Morgan fingerprint density at radius 3 is 2.90 bits per heavy atom. The fourth-order valence-corrected chi connectivity index (χ4v) is 3.78. The van der Waals surface area contributed by atoms with Crippen molar-refractivity contribution in [1.29, 1.82) is 0 Å². The van der Waals surface area contributed by atoms with Gasteiger partial charge in [0.15, 0.2) is 5.82 Å². The highest BCUT2D eigenvalue weighted by molar-refractivity contribution is 5.76. The summed E-state index contributed by atoms with van der Waals surface area (Å²) < 4.78 is 4.77. The van der Waals surface area contributed by atoms with Crippen molar-refractivity contribution in [1.82, 2.24) is 15.0 Å². The highest BCUT2D eigenvalue weighted by Gasteiger charge is 2.20. The summed E-state index contributed by atoms with van der Waals surface area (Å²) in [5, 5.41) is 19.6. The molecular formula is C22H33N5O3. The summed E-state index contributed by atoms with van der Waals surface area (Å²) in [4.78, 5) is 18.7. The number of hydrogen-bond acceptors (Lipinski definition) is 7. The van der Waals surface area contributed by atoms with E-state index < -0.39 is 12.0 Å². The van der Waals surface area contributed by atoms with Crippen molar-refractivity contribution in [2.75, 3.05) is 30.3 Å². The van der Waals surface area contributed by atoms with Crippen LogP contribution in [-0.2, 0) is 17.6 Å². The summed E-state index contributed by atoms with van der Waals surface area (Å²) in [5.74, 6) is 0.626. The first-order valence-corrected chi connectivity index (χ1v) is 10.9. The molecule has 3 heterocycles. The second-order valence-corrected chi connectivity index (χ2v) is 8.14. The molecule has 3 N–H and O–H groups in total. The molecular weight excluding hydrogens is 382 g/mol. The lowest BCUT2D eigenvalue weighted by Gasteiger charge is -2.28. The molecule has 2 aromatic heterocycles. The number of rotatable bonds is 12. The lowest BCUT2D eigenvalue weighted by atomic mass is 10.1. The molecule has 0 unspecified atom stereocenters. The fraction of sp³-hybridized carbons (Fsp3) is 0.591. The molecule has 164 valence electrons. The van der Waals surface area contributed by atoms with Crippen LogP contribution in [-0.4, -0.2) is 57.8 Å². The molecule has 0 radical (unpaired) electrons. The van der Waals surface area contributed by atoms with Gasteiger partial charge in [-0.1, -0.05) is 11.2 Å². The number of fused-ring (bicyclic) bond motifs is 1. The summed E-state index contributed by atoms with van der Waals surface area (Å²) >= 11 is 0. The number of pyridine rings is 1. The molecule has 1 atom stereocenters. The van der Waals surface area contributed by atoms with E-state index >= 15 is 0 Å². The number of carboxylic acids is 1. The largest absolute Gasteiger partial charge is 0.480 e. The van der Waals surface area contributed by atoms with Crippen LogP contribution < -0.4 is 10.6 Å². The van der Waals surface area contributed by atoms with Crippen molar-refractivity contribution < 1.29 is 14.4 Å². The monoisotopic (exact) mass is 415 g/mol. The molecule has 30 heavy (non-hydrogen) atoms. The summed E-state index contributed by atoms with van der Waals surface area (Å²) in [6.07, 6.45) is 7.30. The first kappa shape index (κ1) is 22.1. The second kappa shape index (κ2) is 11.0. The van der Waals surface area contributed by atoms with Crippen molar-refractivity contribution >= 4 is 17.6 Å². The molecule has 0 fully saturated rings. The molecule has 3 rings (SSSR count). The average molecular weight is 416 g/mol. The van der Waals surface area contributed by atoms with Gasteiger partial charge in [-0.25, -0.2) is 9.78 Å². The standard InChI is InChI=1S/C22H33N5O3/c1-16(2)27(14-10-19(22(28)29)25-20-11-15-30-26-20)13-4-3-7-18-9-8-17-6-5-12-23-21(17)24-18/h8-9,11,15-16,19H,3-7,10,12-14H2,1-2H3,(H,23,24)(H,25,26)(H,28,29)/t19-/m0/s1. The Morgan fingerprint density at radius 1 is 1.30 bits per heavy atom. The summed E-state index contributed by atoms with van der Waals surface area (Å²) in [6.45, 7) is 6.96. The summed E-state index contributed by atoms with van der Waals surface area (Å²) in [6, 6.07) is 5.65. The zero-order valence-electron chi connectivity index (χ0n) is 17.9. The number of aliphatic carboxylic acids is 1. The average Bonchev–Trinajstić information content (AvgIpc) is 3.25. The maximum absolute atomic E-state index is 11.6. The minimum absolute atomic E-state index is 0.359. The Morgan fingerprint density at radius 2 is 2.17 bits per heavy atom. The topological polar surface area (TPSA) is 104 Å². The van der Waals surface area contributed by atoms with E-state index in [2.05, 4.69) is 46.7 Å². The molecule has 0 bridgehead atoms. The van der Waals surface area contributed by atoms with E-state index in [0.717, 1.165) is 50.3 Å². The third-order valence-corrected chi connectivity index (χ3v) is 5.57. The molecule has 2 aromatic rings. The predicted octanol–water partition coefficient (Wildman–Crippen LogP) is 3.42. The third-order valence-electron chi connectivity index (χ3n) is 5.57. The maximum atomic E-state index is 11.6. The SMILES string of the molecule is CC(C)N(CCCCc1ccc2c(n1)NCCC2)CC[C@H](Nc1ccon1)C(=O)O. The number of carbonyl (C=O) groups is 1. The molecule has 0 aromatic carbocycles. The zero-order chi connectivity index (χ0) is 21.3. The molecule has 0 spiro atoms. The van der Waals surface area contributed by atoms with Crippen LogP contribution in [0.1, 0.15) is 50.8 Å². The third kappa shape index (κ3) is 6.45. The molecule has 1 aliphatic rings.